The quantitative estimate of drug-likeness (QED) is 0.119. The number of carboxylic acid groups (broad SMARTS) is 1. The van der Waals surface area contributed by atoms with Crippen molar-refractivity contribution in [2.45, 2.75) is 45.9 Å². The Kier molecular flexibility index (Phi) is 10.0. The molecule has 5 rings (SSSR count). The third-order valence-corrected chi connectivity index (χ3v) is 7.46. The van der Waals surface area contributed by atoms with E-state index in [2.05, 4.69) is 15.3 Å². The first-order valence-corrected chi connectivity index (χ1v) is 15.0. The molecule has 0 saturated carbocycles. The van der Waals surface area contributed by atoms with Crippen LogP contribution in [0.1, 0.15) is 38.8 Å². The maximum atomic E-state index is 13.6. The second kappa shape index (κ2) is 14.5. The van der Waals surface area contributed by atoms with Crippen LogP contribution in [0.4, 0.5) is 5.69 Å². The number of nitrogens with one attached hydrogen (secondary N) is 1. The minimum atomic E-state index is -1.02. The highest BCUT2D eigenvalue weighted by Gasteiger charge is 2.34. The molecule has 0 fully saturated rings. The highest BCUT2D eigenvalue weighted by atomic mass is 16.5. The zero-order valence-electron chi connectivity index (χ0n) is 26.1. The fraction of sp³-hybridized carbons (Fsp3) is 0.216. The Hall–Kier alpha value is -5.57. The van der Waals surface area contributed by atoms with Gasteiger partial charge >= 0.3 is 5.97 Å². The molecule has 3 aromatic heterocycles. The molecule has 0 bridgehead atoms. The zero-order chi connectivity index (χ0) is 32.5. The van der Waals surface area contributed by atoms with E-state index in [9.17, 15) is 14.7 Å². The zero-order valence-corrected chi connectivity index (χ0v) is 26.1. The van der Waals surface area contributed by atoms with E-state index in [4.69, 9.17) is 9.73 Å². The second-order valence-electron chi connectivity index (χ2n) is 12.0. The Balaban J connectivity index is 1.51. The Labute approximate surface area is 268 Å². The number of hydrogen-bond acceptors (Lipinski definition) is 6. The molecular formula is C37H37N5O4. The van der Waals surface area contributed by atoms with E-state index in [0.717, 1.165) is 27.8 Å². The first-order chi connectivity index (χ1) is 22.2. The van der Waals surface area contributed by atoms with Crippen LogP contribution in [-0.2, 0) is 20.9 Å². The van der Waals surface area contributed by atoms with Crippen LogP contribution in [0, 0.1) is 5.41 Å². The van der Waals surface area contributed by atoms with Gasteiger partial charge in [0, 0.05) is 42.9 Å². The Morgan fingerprint density at radius 2 is 1.41 bits per heavy atom. The van der Waals surface area contributed by atoms with Gasteiger partial charge in [-0.3, -0.25) is 19.6 Å². The van der Waals surface area contributed by atoms with Gasteiger partial charge in [0.1, 0.15) is 18.7 Å². The number of benzene rings is 2. The van der Waals surface area contributed by atoms with E-state index in [1.54, 1.807) is 41.5 Å². The third kappa shape index (κ3) is 8.32. The largest absolute Gasteiger partial charge is 0.481 e. The number of aromatic nitrogens is 3. The Morgan fingerprint density at radius 3 is 2.02 bits per heavy atom. The molecule has 0 aliphatic carbocycles. The number of ether oxygens (including phenoxy) is 1. The summed E-state index contributed by atoms with van der Waals surface area (Å²) in [5.41, 5.74) is 4.86. The van der Waals surface area contributed by atoms with Crippen molar-refractivity contribution in [1.29, 1.82) is 0 Å². The summed E-state index contributed by atoms with van der Waals surface area (Å²) in [4.78, 5) is 38.9. The number of carbonyl (C=O) groups excluding carboxylic acids is 1. The lowest BCUT2D eigenvalue weighted by molar-refractivity contribution is -0.137. The molecule has 5 aromatic rings. The van der Waals surface area contributed by atoms with Gasteiger partial charge in [0.15, 0.2) is 0 Å². The number of pyridine rings is 2. The van der Waals surface area contributed by atoms with Gasteiger partial charge < -0.3 is 19.7 Å². The maximum absolute atomic E-state index is 13.6. The van der Waals surface area contributed by atoms with E-state index in [1.165, 1.54) is 0 Å². The van der Waals surface area contributed by atoms with Crippen molar-refractivity contribution in [3.8, 4) is 22.3 Å². The third-order valence-electron chi connectivity index (χ3n) is 7.46. The standard InChI is InChI=1S/C37H37N5O4/c1-37(2,3)34(35(45)40-31-15-20-39-21-16-31)41-36(46-25-26-7-5-4-6-8-26)32(23-33(43)44)42-22-17-30(24-42)28-11-9-27(10-12-28)29-13-18-38-19-14-29/h4-22,24,32,34H,23,25H2,1-3H3,(H,43,44)(H,39,40,45)/t32-,34-/m1/s1. The van der Waals surface area contributed by atoms with Gasteiger partial charge in [0.2, 0.25) is 11.8 Å². The molecule has 0 unspecified atom stereocenters. The molecule has 2 N–H and O–H groups in total. The SMILES string of the molecule is CC(C)(C)[C@H](N=C(OCc1ccccc1)[C@@H](CC(=O)O)n1ccc(-c2ccc(-c3ccncc3)cc2)c1)C(=O)Nc1ccncc1. The van der Waals surface area contributed by atoms with E-state index in [0.29, 0.717) is 5.69 Å². The van der Waals surface area contributed by atoms with Crippen LogP contribution < -0.4 is 5.32 Å². The van der Waals surface area contributed by atoms with Crippen molar-refractivity contribution in [1.82, 2.24) is 14.5 Å². The summed E-state index contributed by atoms with van der Waals surface area (Å²) < 4.78 is 8.12. The van der Waals surface area contributed by atoms with Crippen LogP contribution in [0.15, 0.2) is 127 Å². The number of carbonyl (C=O) groups is 2. The average molecular weight is 616 g/mol. The summed E-state index contributed by atoms with van der Waals surface area (Å²) in [7, 11) is 0. The fourth-order valence-electron chi connectivity index (χ4n) is 5.03. The Bertz CT molecular complexity index is 1760. The van der Waals surface area contributed by atoms with E-state index in [-0.39, 0.29) is 24.8 Å². The van der Waals surface area contributed by atoms with E-state index in [1.807, 2.05) is 106 Å². The minimum absolute atomic E-state index is 0.156. The number of nitrogens with zero attached hydrogens (tertiary/aromatic N) is 4. The van der Waals surface area contributed by atoms with Crippen molar-refractivity contribution < 1.29 is 19.4 Å². The van der Waals surface area contributed by atoms with Gasteiger partial charge in [-0.25, -0.2) is 4.99 Å². The van der Waals surface area contributed by atoms with Crippen LogP contribution in [0.5, 0.6) is 0 Å². The van der Waals surface area contributed by atoms with Gasteiger partial charge in [0.25, 0.3) is 0 Å². The van der Waals surface area contributed by atoms with Gasteiger partial charge in [-0.2, -0.15) is 0 Å². The van der Waals surface area contributed by atoms with Crippen molar-refractivity contribution >= 4 is 23.5 Å². The minimum Gasteiger partial charge on any atom is -0.481 e. The van der Waals surface area contributed by atoms with E-state index < -0.39 is 23.5 Å². The lowest BCUT2D eigenvalue weighted by Gasteiger charge is -2.29. The van der Waals surface area contributed by atoms with Gasteiger partial charge in [0.05, 0.1) is 6.42 Å². The number of amides is 1. The van der Waals surface area contributed by atoms with Crippen LogP contribution in [0.2, 0.25) is 0 Å². The second-order valence-corrected chi connectivity index (χ2v) is 12.0. The summed E-state index contributed by atoms with van der Waals surface area (Å²) in [5.74, 6) is -1.20. The molecule has 0 saturated heterocycles. The topological polar surface area (TPSA) is 119 Å². The van der Waals surface area contributed by atoms with Crippen molar-refractivity contribution in [3.05, 3.63) is 128 Å². The molecule has 2 aromatic carbocycles. The first-order valence-electron chi connectivity index (χ1n) is 15.0. The molecule has 1 amide bonds. The molecule has 0 radical (unpaired) electrons. The number of aliphatic imine (C=N–C) groups is 1. The summed E-state index contributed by atoms with van der Waals surface area (Å²) in [6.07, 6.45) is 10.1. The molecule has 9 nitrogen and oxygen atoms in total. The molecule has 234 valence electrons. The summed E-state index contributed by atoms with van der Waals surface area (Å²) in [5, 5.41) is 12.9. The smallest absolute Gasteiger partial charge is 0.305 e. The van der Waals surface area contributed by atoms with Crippen molar-refractivity contribution in [3.63, 3.8) is 0 Å². The normalized spacial score (nSPS) is 13.1. The van der Waals surface area contributed by atoms with Crippen molar-refractivity contribution in [2.24, 2.45) is 10.4 Å². The van der Waals surface area contributed by atoms with Gasteiger partial charge in [-0.15, -0.1) is 0 Å². The molecule has 0 aliphatic rings. The molecule has 2 atom stereocenters. The first kappa shape index (κ1) is 31.8. The lowest BCUT2D eigenvalue weighted by atomic mass is 9.86. The molecular weight excluding hydrogens is 578 g/mol. The lowest BCUT2D eigenvalue weighted by Crippen LogP contribution is -2.39. The van der Waals surface area contributed by atoms with E-state index >= 15 is 0 Å². The van der Waals surface area contributed by atoms with Gasteiger partial charge in [-0.05, 0) is 63.6 Å². The van der Waals surface area contributed by atoms with Gasteiger partial charge in [-0.1, -0.05) is 75.4 Å². The predicted octanol–water partition coefficient (Wildman–Crippen LogP) is 7.30. The molecule has 9 heteroatoms. The molecule has 0 spiro atoms. The highest BCUT2D eigenvalue weighted by Crippen LogP contribution is 2.30. The van der Waals surface area contributed by atoms with Crippen LogP contribution >= 0.6 is 0 Å². The average Bonchev–Trinajstić information content (AvgIpc) is 3.55. The predicted molar refractivity (Wildman–Crippen MR) is 179 cm³/mol. The maximum Gasteiger partial charge on any atom is 0.305 e. The number of anilines is 1. The number of carboxylic acids is 1. The summed E-state index contributed by atoms with van der Waals surface area (Å²) in [6, 6.07) is 25.3. The molecule has 0 aliphatic heterocycles. The van der Waals surface area contributed by atoms with Crippen LogP contribution in [-0.4, -0.2) is 43.5 Å². The van der Waals surface area contributed by atoms with Crippen LogP contribution in [0.3, 0.4) is 0 Å². The molecule has 3 heterocycles. The Morgan fingerprint density at radius 1 is 0.826 bits per heavy atom. The number of aliphatic carboxylic acids is 1. The number of hydrogen-bond donors (Lipinski definition) is 2. The molecule has 46 heavy (non-hydrogen) atoms. The number of rotatable bonds is 11. The van der Waals surface area contributed by atoms with Crippen molar-refractivity contribution in [2.75, 3.05) is 5.32 Å². The van der Waals surface area contributed by atoms with Crippen LogP contribution in [0.25, 0.3) is 22.3 Å². The highest BCUT2D eigenvalue weighted by molar-refractivity contribution is 5.97. The fourth-order valence-corrected chi connectivity index (χ4v) is 5.03. The summed E-state index contributed by atoms with van der Waals surface area (Å²) >= 11 is 0. The monoisotopic (exact) mass is 615 g/mol. The summed E-state index contributed by atoms with van der Waals surface area (Å²) in [6.45, 7) is 5.90.